The van der Waals surface area contributed by atoms with Crippen LogP contribution in [0.3, 0.4) is 0 Å². The lowest BCUT2D eigenvalue weighted by Gasteiger charge is -2.53. The van der Waals surface area contributed by atoms with Crippen molar-refractivity contribution >= 4 is 5.78 Å². The highest BCUT2D eigenvalue weighted by Crippen LogP contribution is 2.61. The van der Waals surface area contributed by atoms with Gasteiger partial charge in [0.2, 0.25) is 0 Å². The largest absolute Gasteiger partial charge is 0.392 e. The van der Waals surface area contributed by atoms with E-state index in [0.29, 0.717) is 17.6 Å². The Kier molecular flexibility index (Phi) is 2.83. The molecule has 0 saturated heterocycles. The maximum absolute atomic E-state index is 12.3. The molecular formula is C19H26O2. The van der Waals surface area contributed by atoms with Crippen LogP contribution in [0.25, 0.3) is 0 Å². The molecule has 0 bridgehead atoms. The molecular weight excluding hydrogens is 260 g/mol. The Bertz CT molecular complexity index is 558. The Labute approximate surface area is 127 Å². The molecule has 0 spiro atoms. The third-order valence-electron chi connectivity index (χ3n) is 7.24. The van der Waals surface area contributed by atoms with Gasteiger partial charge in [-0.25, -0.2) is 0 Å². The number of hydrogen-bond acceptors (Lipinski definition) is 2. The van der Waals surface area contributed by atoms with Crippen LogP contribution in [0.5, 0.6) is 0 Å². The van der Waals surface area contributed by atoms with Gasteiger partial charge in [-0.1, -0.05) is 30.2 Å². The van der Waals surface area contributed by atoms with Gasteiger partial charge in [0, 0.05) is 17.3 Å². The Morgan fingerprint density at radius 1 is 1.19 bits per heavy atom. The summed E-state index contributed by atoms with van der Waals surface area (Å²) in [6, 6.07) is 0. The second kappa shape index (κ2) is 4.32. The lowest BCUT2D eigenvalue weighted by atomic mass is 9.52. The molecule has 4 aliphatic rings. The highest BCUT2D eigenvalue weighted by molar-refractivity contribution is 5.87. The number of carbonyl (C=O) groups is 1. The quantitative estimate of drug-likeness (QED) is 0.688. The summed E-state index contributed by atoms with van der Waals surface area (Å²) < 4.78 is 0. The number of carbonyl (C=O) groups excluding carboxylic acids is 1. The van der Waals surface area contributed by atoms with Gasteiger partial charge in [0.1, 0.15) is 5.78 Å². The molecule has 2 fully saturated rings. The van der Waals surface area contributed by atoms with Gasteiger partial charge in [0.05, 0.1) is 6.10 Å². The van der Waals surface area contributed by atoms with E-state index < -0.39 is 0 Å². The normalized spacial score (nSPS) is 48.9. The number of hydrogen-bond donors (Lipinski definition) is 1. The summed E-state index contributed by atoms with van der Waals surface area (Å²) in [5.74, 6) is 1.44. The maximum Gasteiger partial charge on any atom is 0.139 e. The standard InChI is InChI=1S/C19H26O2/c1-18-11-10-15-13(14(18)8-9-16(18)20)7-6-12-4-3-5-17(21)19(12,15)2/h6,10,13-14,17,21H,3-5,7-9,11H2,1-2H3/t13-,14-,17?,18-,19-/m0/s1. The minimum atomic E-state index is -0.243. The molecule has 0 heterocycles. The van der Waals surface area contributed by atoms with E-state index in [-0.39, 0.29) is 16.9 Å². The van der Waals surface area contributed by atoms with Crippen LogP contribution in [0.1, 0.15) is 58.8 Å². The van der Waals surface area contributed by atoms with Crippen LogP contribution in [-0.2, 0) is 4.79 Å². The van der Waals surface area contributed by atoms with E-state index in [4.69, 9.17) is 0 Å². The number of Topliss-reactive ketones (excluding diaryl/α,β-unsaturated/α-hetero) is 1. The minimum Gasteiger partial charge on any atom is -0.392 e. The first-order chi connectivity index (χ1) is 9.98. The fourth-order valence-corrected chi connectivity index (χ4v) is 5.80. The predicted octanol–water partition coefficient (Wildman–Crippen LogP) is 3.80. The van der Waals surface area contributed by atoms with Crippen LogP contribution in [0.2, 0.25) is 0 Å². The van der Waals surface area contributed by atoms with E-state index in [1.165, 1.54) is 11.1 Å². The van der Waals surface area contributed by atoms with Crippen molar-refractivity contribution in [3.63, 3.8) is 0 Å². The second-order valence-electron chi connectivity index (χ2n) is 8.03. The first kappa shape index (κ1) is 13.8. The summed E-state index contributed by atoms with van der Waals surface area (Å²) in [6.45, 7) is 4.43. The Balaban J connectivity index is 1.80. The van der Waals surface area contributed by atoms with E-state index in [0.717, 1.165) is 44.9 Å². The molecule has 0 aromatic heterocycles. The van der Waals surface area contributed by atoms with Crippen molar-refractivity contribution in [2.75, 3.05) is 0 Å². The topological polar surface area (TPSA) is 37.3 Å². The molecule has 2 nitrogen and oxygen atoms in total. The minimum absolute atomic E-state index is 0.129. The molecule has 2 heteroatoms. The van der Waals surface area contributed by atoms with Crippen LogP contribution < -0.4 is 0 Å². The van der Waals surface area contributed by atoms with Gasteiger partial charge in [0.15, 0.2) is 0 Å². The zero-order chi connectivity index (χ0) is 14.8. The Hall–Kier alpha value is -0.890. The van der Waals surface area contributed by atoms with Gasteiger partial charge >= 0.3 is 0 Å². The summed E-state index contributed by atoms with van der Waals surface area (Å²) in [4.78, 5) is 12.3. The first-order valence-electron chi connectivity index (χ1n) is 8.59. The van der Waals surface area contributed by atoms with Crippen molar-refractivity contribution in [2.45, 2.75) is 64.9 Å². The van der Waals surface area contributed by atoms with Gasteiger partial charge in [-0.05, 0) is 57.3 Å². The number of aliphatic hydroxyl groups is 1. The fourth-order valence-electron chi connectivity index (χ4n) is 5.80. The third kappa shape index (κ3) is 1.60. The monoisotopic (exact) mass is 286 g/mol. The molecule has 0 aromatic carbocycles. The Morgan fingerprint density at radius 3 is 2.81 bits per heavy atom. The molecule has 2 saturated carbocycles. The van der Waals surface area contributed by atoms with E-state index >= 15 is 0 Å². The first-order valence-corrected chi connectivity index (χ1v) is 8.59. The number of aliphatic hydroxyl groups excluding tert-OH is 1. The molecule has 1 N–H and O–H groups in total. The molecule has 0 amide bonds. The lowest BCUT2D eigenvalue weighted by molar-refractivity contribution is -0.127. The maximum atomic E-state index is 12.3. The number of allylic oxidation sites excluding steroid dienone is 2. The highest BCUT2D eigenvalue weighted by atomic mass is 16.3. The van der Waals surface area contributed by atoms with Crippen molar-refractivity contribution < 1.29 is 9.90 Å². The number of ketones is 1. The van der Waals surface area contributed by atoms with Crippen LogP contribution in [0.15, 0.2) is 23.3 Å². The van der Waals surface area contributed by atoms with Crippen molar-refractivity contribution in [2.24, 2.45) is 22.7 Å². The summed E-state index contributed by atoms with van der Waals surface area (Å²) >= 11 is 0. The van der Waals surface area contributed by atoms with Crippen LogP contribution in [-0.4, -0.2) is 17.0 Å². The smallest absolute Gasteiger partial charge is 0.139 e. The van der Waals surface area contributed by atoms with Crippen molar-refractivity contribution in [3.8, 4) is 0 Å². The van der Waals surface area contributed by atoms with E-state index in [1.807, 2.05) is 0 Å². The fraction of sp³-hybridized carbons (Fsp3) is 0.737. The molecule has 0 aliphatic heterocycles. The third-order valence-corrected chi connectivity index (χ3v) is 7.24. The van der Waals surface area contributed by atoms with Crippen LogP contribution in [0.4, 0.5) is 0 Å². The van der Waals surface area contributed by atoms with E-state index in [1.54, 1.807) is 0 Å². The van der Waals surface area contributed by atoms with Crippen LogP contribution in [0, 0.1) is 22.7 Å². The molecule has 4 aliphatic carbocycles. The highest BCUT2D eigenvalue weighted by Gasteiger charge is 2.56. The van der Waals surface area contributed by atoms with Gasteiger partial charge in [0.25, 0.3) is 0 Å². The van der Waals surface area contributed by atoms with Gasteiger partial charge in [-0.3, -0.25) is 4.79 Å². The summed E-state index contributed by atoms with van der Waals surface area (Å²) in [5, 5.41) is 10.7. The SMILES string of the molecule is C[C@]12C(=CC[C@@H]3C1=CC[C@]1(C)C(=O)CC[C@@H]31)CCCC2O. The molecule has 21 heavy (non-hydrogen) atoms. The molecule has 5 atom stereocenters. The zero-order valence-corrected chi connectivity index (χ0v) is 13.2. The number of fused-ring (bicyclic) bond motifs is 5. The molecule has 0 radical (unpaired) electrons. The number of rotatable bonds is 0. The van der Waals surface area contributed by atoms with Gasteiger partial charge < -0.3 is 5.11 Å². The lowest BCUT2D eigenvalue weighted by Crippen LogP contribution is -2.48. The van der Waals surface area contributed by atoms with Gasteiger partial charge in [-0.2, -0.15) is 0 Å². The zero-order valence-electron chi connectivity index (χ0n) is 13.2. The van der Waals surface area contributed by atoms with Crippen LogP contribution >= 0.6 is 0 Å². The average molecular weight is 286 g/mol. The summed E-state index contributed by atoms with van der Waals surface area (Å²) in [5.41, 5.74) is 2.64. The summed E-state index contributed by atoms with van der Waals surface area (Å²) in [6.07, 6.45) is 11.4. The Morgan fingerprint density at radius 2 is 2.00 bits per heavy atom. The second-order valence-corrected chi connectivity index (χ2v) is 8.03. The van der Waals surface area contributed by atoms with E-state index in [9.17, 15) is 9.90 Å². The van der Waals surface area contributed by atoms with Crippen molar-refractivity contribution in [1.29, 1.82) is 0 Å². The molecule has 1 unspecified atom stereocenters. The molecule has 0 aromatic rings. The average Bonchev–Trinajstić information content (AvgIpc) is 2.76. The van der Waals surface area contributed by atoms with Gasteiger partial charge in [-0.15, -0.1) is 0 Å². The van der Waals surface area contributed by atoms with E-state index in [2.05, 4.69) is 26.0 Å². The van der Waals surface area contributed by atoms with Crippen molar-refractivity contribution in [3.05, 3.63) is 23.3 Å². The van der Waals surface area contributed by atoms with Crippen molar-refractivity contribution in [1.82, 2.24) is 0 Å². The molecule has 4 rings (SSSR count). The predicted molar refractivity (Wildman–Crippen MR) is 82.7 cm³/mol. The summed E-state index contributed by atoms with van der Waals surface area (Å²) in [7, 11) is 0. The molecule has 114 valence electrons.